The minimum Gasteiger partial charge on any atom is -0.508 e. The van der Waals surface area contributed by atoms with Crippen LogP contribution in [0.15, 0.2) is 67.1 Å². The number of H-pyrrole nitrogens is 1. The number of phenols is 1. The number of phenolic OH excluding ortho intramolecular Hbond substituents is 1. The highest BCUT2D eigenvalue weighted by atomic mass is 16.4. The maximum absolute atomic E-state index is 13.6. The lowest BCUT2D eigenvalue weighted by Crippen LogP contribution is -2.61. The van der Waals surface area contributed by atoms with Crippen LogP contribution in [0, 0.1) is 5.92 Å². The van der Waals surface area contributed by atoms with Crippen molar-refractivity contribution in [1.82, 2.24) is 41.9 Å². The van der Waals surface area contributed by atoms with Gasteiger partial charge in [0.25, 0.3) is 0 Å². The number of aromatic hydroxyl groups is 1. The molecule has 20 heteroatoms. The zero-order valence-electron chi connectivity index (χ0n) is 32.0. The third-order valence-corrected chi connectivity index (χ3v) is 8.68. The zero-order chi connectivity index (χ0) is 42.8. The van der Waals surface area contributed by atoms with Gasteiger partial charge in [-0.3, -0.25) is 28.8 Å². The van der Waals surface area contributed by atoms with Crippen LogP contribution in [0.1, 0.15) is 37.1 Å². The molecule has 0 spiro atoms. The molecule has 0 aliphatic rings. The Bertz CT molecular complexity index is 1830. The van der Waals surface area contributed by atoms with E-state index in [4.69, 9.17) is 5.73 Å². The molecule has 3 rings (SSSR count). The largest absolute Gasteiger partial charge is 0.508 e. The molecule has 20 nitrogen and oxygen atoms in total. The second-order valence-corrected chi connectivity index (χ2v) is 13.8. The van der Waals surface area contributed by atoms with E-state index in [2.05, 4.69) is 41.9 Å². The highest BCUT2D eigenvalue weighted by Gasteiger charge is 2.33. The van der Waals surface area contributed by atoms with Crippen LogP contribution in [0.4, 0.5) is 0 Å². The predicted octanol–water partition coefficient (Wildman–Crippen LogP) is -2.87. The lowest BCUT2D eigenvalue weighted by molar-refractivity contribution is -0.142. The minimum atomic E-state index is -1.67. The second-order valence-electron chi connectivity index (χ2n) is 13.8. The highest BCUT2D eigenvalue weighted by Crippen LogP contribution is 2.13. The molecule has 2 aromatic carbocycles. The van der Waals surface area contributed by atoms with Crippen molar-refractivity contribution in [3.05, 3.63) is 83.9 Å². The number of nitrogens with one attached hydrogen (secondary N) is 7. The number of hydrogen-bond acceptors (Lipinski definition) is 12. The number of aliphatic hydroxyl groups excluding tert-OH is 2. The number of amides is 6. The molecule has 0 bridgehead atoms. The Kier molecular flexibility index (Phi) is 18.2. The Labute approximate surface area is 333 Å². The number of aromatic amines is 1. The van der Waals surface area contributed by atoms with E-state index in [1.165, 1.54) is 36.8 Å². The number of nitrogens with zero attached hydrogens (tertiary/aromatic N) is 1. The van der Waals surface area contributed by atoms with Crippen LogP contribution >= 0.6 is 0 Å². The molecule has 0 aliphatic heterocycles. The Morgan fingerprint density at radius 1 is 0.638 bits per heavy atom. The molecular formula is C38H51N9O11. The van der Waals surface area contributed by atoms with Gasteiger partial charge in [0.1, 0.15) is 42.0 Å². The molecule has 0 fully saturated rings. The number of aromatic nitrogens is 2. The maximum Gasteiger partial charge on any atom is 0.326 e. The molecule has 1 heterocycles. The number of carbonyl (C=O) groups is 7. The first-order chi connectivity index (χ1) is 27.6. The Morgan fingerprint density at radius 2 is 1.10 bits per heavy atom. The molecule has 0 aliphatic carbocycles. The van der Waals surface area contributed by atoms with Gasteiger partial charge in [-0.15, -0.1) is 0 Å². The summed E-state index contributed by atoms with van der Waals surface area (Å²) in [5, 5.41) is 54.3. The SMILES string of the molecule is CC(C)C[C@H](NC(=O)[C@H](CO)NC(=O)[C@H](Cc1ccccc1)NC(=O)CN)C(=O)N[C@@H](CO)C(=O)N[C@@H](Cc1ccc(O)cc1)C(=O)N[C@@H](Cc1c[nH]cn1)C(=O)O. The van der Waals surface area contributed by atoms with Gasteiger partial charge in [0.05, 0.1) is 31.8 Å². The summed E-state index contributed by atoms with van der Waals surface area (Å²) < 4.78 is 0. The van der Waals surface area contributed by atoms with Crippen molar-refractivity contribution in [2.24, 2.45) is 11.7 Å². The Hall–Kier alpha value is -6.38. The van der Waals surface area contributed by atoms with Gasteiger partial charge in [0.2, 0.25) is 35.4 Å². The third-order valence-electron chi connectivity index (χ3n) is 8.68. The molecule has 6 atom stereocenters. The minimum absolute atomic E-state index is 0.00505. The van der Waals surface area contributed by atoms with Crippen LogP contribution in [0.3, 0.4) is 0 Å². The summed E-state index contributed by atoms with van der Waals surface area (Å²) in [6.07, 6.45) is 2.44. The van der Waals surface area contributed by atoms with Crippen LogP contribution < -0.4 is 37.6 Å². The number of imidazole rings is 1. The van der Waals surface area contributed by atoms with Crippen molar-refractivity contribution in [1.29, 1.82) is 0 Å². The number of aliphatic carboxylic acids is 1. The van der Waals surface area contributed by atoms with E-state index < -0.39 is 97.4 Å². The molecule has 58 heavy (non-hydrogen) atoms. The molecule has 13 N–H and O–H groups in total. The van der Waals surface area contributed by atoms with Crippen molar-refractivity contribution in [3.8, 4) is 5.75 Å². The van der Waals surface area contributed by atoms with Gasteiger partial charge in [0, 0.05) is 25.5 Å². The summed E-state index contributed by atoms with van der Waals surface area (Å²) in [4.78, 5) is 98.1. The zero-order valence-corrected chi connectivity index (χ0v) is 32.0. The fraction of sp³-hybridized carbons (Fsp3) is 0.421. The summed E-state index contributed by atoms with van der Waals surface area (Å²) in [7, 11) is 0. The molecule has 0 saturated carbocycles. The summed E-state index contributed by atoms with van der Waals surface area (Å²) in [6, 6.07) is 5.66. The Balaban J connectivity index is 1.75. The van der Waals surface area contributed by atoms with Crippen molar-refractivity contribution < 1.29 is 54.0 Å². The average Bonchev–Trinajstić information content (AvgIpc) is 3.71. The first kappa shape index (κ1) is 46.0. The molecule has 3 aromatic rings. The fourth-order valence-electron chi connectivity index (χ4n) is 5.65. The number of nitrogens with two attached hydrogens (primary N) is 1. The van der Waals surface area contributed by atoms with Crippen LogP contribution in [0.2, 0.25) is 0 Å². The number of carboxylic acid groups (broad SMARTS) is 1. The van der Waals surface area contributed by atoms with Crippen LogP contribution in [-0.2, 0) is 52.8 Å². The normalized spacial score (nSPS) is 14.1. The van der Waals surface area contributed by atoms with Crippen molar-refractivity contribution in [2.75, 3.05) is 19.8 Å². The van der Waals surface area contributed by atoms with Gasteiger partial charge in [0.15, 0.2) is 0 Å². The first-order valence-corrected chi connectivity index (χ1v) is 18.4. The molecule has 1 aromatic heterocycles. The monoisotopic (exact) mass is 809 g/mol. The lowest BCUT2D eigenvalue weighted by Gasteiger charge is -2.27. The quantitative estimate of drug-likeness (QED) is 0.0459. The van der Waals surface area contributed by atoms with E-state index in [1.807, 2.05) is 0 Å². The van der Waals surface area contributed by atoms with E-state index in [1.54, 1.807) is 44.2 Å². The van der Waals surface area contributed by atoms with Crippen LogP contribution in [0.25, 0.3) is 0 Å². The summed E-state index contributed by atoms with van der Waals surface area (Å²) >= 11 is 0. The van der Waals surface area contributed by atoms with Crippen molar-refractivity contribution in [3.63, 3.8) is 0 Å². The molecule has 0 unspecified atom stereocenters. The average molecular weight is 810 g/mol. The number of aliphatic hydroxyl groups is 2. The smallest absolute Gasteiger partial charge is 0.326 e. The number of carbonyl (C=O) groups excluding carboxylic acids is 6. The molecule has 0 radical (unpaired) electrons. The van der Waals surface area contributed by atoms with E-state index in [0.717, 1.165) is 0 Å². The van der Waals surface area contributed by atoms with Crippen molar-refractivity contribution >= 4 is 41.4 Å². The highest BCUT2D eigenvalue weighted by molar-refractivity contribution is 5.97. The topological polar surface area (TPSA) is 327 Å². The third kappa shape index (κ3) is 14.9. The second kappa shape index (κ2) is 23.0. The van der Waals surface area contributed by atoms with Gasteiger partial charge in [-0.25, -0.2) is 9.78 Å². The number of carboxylic acids is 1. The standard InChI is InChI=1S/C38H51N9O11/c1-21(2)12-26(43-36(55)30(18-48)47-34(53)27(42-32(51)16-39)13-22-6-4-3-5-7-22)33(52)46-31(19-49)37(56)44-28(14-23-8-10-25(50)11-9-23)35(54)45-29(38(57)58)15-24-17-40-20-41-24/h3-11,17,20-21,26-31,48-50H,12-16,18-19,39H2,1-2H3,(H,40,41)(H,42,51)(H,43,55)(H,44,56)(H,45,54)(H,46,52)(H,47,53)(H,57,58)/t26-,27-,28-,29-,30-,31-/m0/s1. The Morgan fingerprint density at radius 3 is 1.59 bits per heavy atom. The van der Waals surface area contributed by atoms with E-state index in [-0.39, 0.29) is 37.4 Å². The number of benzene rings is 2. The lowest BCUT2D eigenvalue weighted by atomic mass is 10.0. The first-order valence-electron chi connectivity index (χ1n) is 18.4. The molecule has 0 saturated heterocycles. The van der Waals surface area contributed by atoms with Crippen LogP contribution in [-0.4, -0.2) is 128 Å². The fourth-order valence-corrected chi connectivity index (χ4v) is 5.65. The van der Waals surface area contributed by atoms with Gasteiger partial charge < -0.3 is 63.0 Å². The van der Waals surface area contributed by atoms with Gasteiger partial charge in [-0.05, 0) is 35.6 Å². The number of rotatable bonds is 23. The van der Waals surface area contributed by atoms with Crippen LogP contribution in [0.5, 0.6) is 5.75 Å². The van der Waals surface area contributed by atoms with E-state index in [9.17, 15) is 54.0 Å². The molecule has 314 valence electrons. The van der Waals surface area contributed by atoms with E-state index in [0.29, 0.717) is 16.8 Å². The van der Waals surface area contributed by atoms with Gasteiger partial charge >= 0.3 is 5.97 Å². The molecular weight excluding hydrogens is 758 g/mol. The predicted molar refractivity (Wildman–Crippen MR) is 206 cm³/mol. The summed E-state index contributed by atoms with van der Waals surface area (Å²) in [5.74, 6) is -6.97. The van der Waals surface area contributed by atoms with Gasteiger partial charge in [-0.1, -0.05) is 56.3 Å². The van der Waals surface area contributed by atoms with Crippen molar-refractivity contribution in [2.45, 2.75) is 75.8 Å². The van der Waals surface area contributed by atoms with E-state index >= 15 is 0 Å². The van der Waals surface area contributed by atoms with Gasteiger partial charge in [-0.2, -0.15) is 0 Å². The maximum atomic E-state index is 13.6. The number of hydrogen-bond donors (Lipinski definition) is 12. The summed E-state index contributed by atoms with van der Waals surface area (Å²) in [5.41, 5.74) is 6.91. The summed E-state index contributed by atoms with van der Waals surface area (Å²) in [6.45, 7) is 1.21. The molecule has 6 amide bonds.